The molecule has 0 heterocycles. The Kier molecular flexibility index (Phi) is 37.9. The van der Waals surface area contributed by atoms with Crippen LogP contribution in [0.15, 0.2) is 48.6 Å². The lowest BCUT2D eigenvalue weighted by Gasteiger charge is -2.20. The van der Waals surface area contributed by atoms with Gasteiger partial charge in [0.1, 0.15) is 12.7 Å². The number of unbranched alkanes of at least 4 members (excludes halogenated alkanes) is 14. The number of hydrogen-bond acceptors (Lipinski definition) is 10. The summed E-state index contributed by atoms with van der Waals surface area (Å²) in [6.07, 6.45) is 37.1. The summed E-state index contributed by atoms with van der Waals surface area (Å²) in [5.74, 6) is -0.204. The van der Waals surface area contributed by atoms with Crippen LogP contribution in [0, 0.1) is 5.92 Å². The zero-order valence-electron chi connectivity index (χ0n) is 35.8. The maximum Gasteiger partial charge on any atom is 0.472 e. The lowest BCUT2D eigenvalue weighted by atomic mass is 10.0. The molecule has 0 rings (SSSR count). The first kappa shape index (κ1) is 54.9. The molecule has 1 unspecified atom stereocenters. The second kappa shape index (κ2) is 39.4. The van der Waals surface area contributed by atoms with E-state index in [-0.39, 0.29) is 25.6 Å². The SMILES string of the molecule is CCCC[C@H](O)/C=C\C/C=C\C/C=C\C/C=C\CCCC(=O)OC[C@H](COP(=O)(O)OC[C@@H](O)CO)OC(=O)CCCCCCCCCCCCCCCC(C)C. The standard InChI is InChI=1S/C45H81O11P/c1-4-5-32-41(47)33-28-24-20-16-12-9-10-13-17-21-25-29-34-44(49)53-38-43(39-55-57(51,52)54-37-42(48)36-46)56-45(50)35-30-26-22-18-14-8-6-7-11-15-19-23-27-31-40(2)3/h9-10,16-17,20-21,28,33,40-43,46-48H,4-8,11-15,18-19,22-27,29-32,34-39H2,1-3H3,(H,51,52)/b10-9-,20-16-,21-17-,33-28-/t41-,42-,43+/m0/s1. The fourth-order valence-electron chi connectivity index (χ4n) is 5.78. The Bertz CT molecular complexity index is 1120. The topological polar surface area (TPSA) is 169 Å². The van der Waals surface area contributed by atoms with Crippen molar-refractivity contribution in [3.8, 4) is 0 Å². The molecule has 0 fully saturated rings. The molecule has 0 aromatic heterocycles. The molecule has 332 valence electrons. The number of ether oxygens (including phenoxy) is 2. The van der Waals surface area contributed by atoms with Gasteiger partial charge in [0.2, 0.25) is 0 Å². The minimum absolute atomic E-state index is 0.149. The van der Waals surface area contributed by atoms with E-state index in [0.29, 0.717) is 19.3 Å². The molecule has 0 aliphatic heterocycles. The fourth-order valence-corrected chi connectivity index (χ4v) is 6.57. The smallest absolute Gasteiger partial charge is 0.462 e. The van der Waals surface area contributed by atoms with Crippen LogP contribution in [0.25, 0.3) is 0 Å². The summed E-state index contributed by atoms with van der Waals surface area (Å²) in [5.41, 5.74) is 0. The second-order valence-electron chi connectivity index (χ2n) is 15.4. The van der Waals surface area contributed by atoms with Gasteiger partial charge >= 0.3 is 19.8 Å². The van der Waals surface area contributed by atoms with Crippen molar-refractivity contribution in [3.63, 3.8) is 0 Å². The van der Waals surface area contributed by atoms with E-state index in [0.717, 1.165) is 63.7 Å². The van der Waals surface area contributed by atoms with E-state index in [1.54, 1.807) is 0 Å². The fraction of sp³-hybridized carbons (Fsp3) is 0.778. The monoisotopic (exact) mass is 829 g/mol. The van der Waals surface area contributed by atoms with Gasteiger partial charge in [0.15, 0.2) is 6.10 Å². The normalized spacial score (nSPS) is 14.9. The van der Waals surface area contributed by atoms with Gasteiger partial charge in [-0.05, 0) is 50.9 Å². The van der Waals surface area contributed by atoms with Crippen LogP contribution < -0.4 is 0 Å². The van der Waals surface area contributed by atoms with Crippen LogP contribution in [-0.2, 0) is 32.7 Å². The predicted molar refractivity (Wildman–Crippen MR) is 230 cm³/mol. The number of phosphoric ester groups is 1. The number of hydrogen-bond donors (Lipinski definition) is 4. The third-order valence-corrected chi connectivity index (χ3v) is 10.2. The van der Waals surface area contributed by atoms with Gasteiger partial charge in [0.25, 0.3) is 0 Å². The zero-order valence-corrected chi connectivity index (χ0v) is 36.7. The highest BCUT2D eigenvalue weighted by Crippen LogP contribution is 2.43. The average Bonchev–Trinajstić information content (AvgIpc) is 3.18. The summed E-state index contributed by atoms with van der Waals surface area (Å²) in [6.45, 7) is 4.48. The van der Waals surface area contributed by atoms with Gasteiger partial charge in [-0.25, -0.2) is 4.57 Å². The highest BCUT2D eigenvalue weighted by Gasteiger charge is 2.27. The molecular weight excluding hydrogens is 747 g/mol. The molecule has 0 spiro atoms. The van der Waals surface area contributed by atoms with Crippen LogP contribution in [0.1, 0.15) is 175 Å². The molecule has 12 heteroatoms. The lowest BCUT2D eigenvalue weighted by Crippen LogP contribution is -2.29. The van der Waals surface area contributed by atoms with E-state index in [1.165, 1.54) is 64.2 Å². The first-order valence-corrected chi connectivity index (χ1v) is 23.5. The zero-order chi connectivity index (χ0) is 42.2. The molecule has 0 saturated carbocycles. The van der Waals surface area contributed by atoms with Crippen molar-refractivity contribution >= 4 is 19.8 Å². The van der Waals surface area contributed by atoms with Crippen molar-refractivity contribution in [3.05, 3.63) is 48.6 Å². The van der Waals surface area contributed by atoms with Crippen molar-refractivity contribution in [2.45, 2.75) is 193 Å². The second-order valence-corrected chi connectivity index (χ2v) is 16.8. The Morgan fingerprint density at radius 3 is 1.68 bits per heavy atom. The van der Waals surface area contributed by atoms with Crippen molar-refractivity contribution in [1.29, 1.82) is 0 Å². The molecule has 0 bridgehead atoms. The maximum atomic E-state index is 12.6. The Balaban J connectivity index is 4.40. The van der Waals surface area contributed by atoms with Gasteiger partial charge in [-0.2, -0.15) is 0 Å². The van der Waals surface area contributed by atoms with Crippen LogP contribution in [0.5, 0.6) is 0 Å². The van der Waals surface area contributed by atoms with Crippen LogP contribution in [0.4, 0.5) is 0 Å². The van der Waals surface area contributed by atoms with Gasteiger partial charge < -0.3 is 29.7 Å². The Morgan fingerprint density at radius 2 is 1.12 bits per heavy atom. The molecule has 57 heavy (non-hydrogen) atoms. The molecule has 0 aliphatic rings. The van der Waals surface area contributed by atoms with Gasteiger partial charge in [-0.15, -0.1) is 0 Å². The van der Waals surface area contributed by atoms with Crippen molar-refractivity contribution in [2.24, 2.45) is 5.92 Å². The van der Waals surface area contributed by atoms with Crippen LogP contribution in [0.3, 0.4) is 0 Å². The first-order chi connectivity index (χ1) is 27.5. The predicted octanol–water partition coefficient (Wildman–Crippen LogP) is 10.6. The van der Waals surface area contributed by atoms with Gasteiger partial charge in [-0.3, -0.25) is 18.6 Å². The molecule has 0 aliphatic carbocycles. The number of rotatable bonds is 40. The third-order valence-electron chi connectivity index (χ3n) is 9.23. The molecule has 0 amide bonds. The summed E-state index contributed by atoms with van der Waals surface area (Å²) in [5, 5.41) is 28.1. The quantitative estimate of drug-likeness (QED) is 0.0201. The largest absolute Gasteiger partial charge is 0.472 e. The van der Waals surface area contributed by atoms with E-state index in [2.05, 4.69) is 49.6 Å². The van der Waals surface area contributed by atoms with Gasteiger partial charge in [0.05, 0.1) is 25.9 Å². The number of aliphatic hydroxyl groups is 3. The van der Waals surface area contributed by atoms with Crippen LogP contribution in [0.2, 0.25) is 0 Å². The lowest BCUT2D eigenvalue weighted by molar-refractivity contribution is -0.161. The van der Waals surface area contributed by atoms with Gasteiger partial charge in [0, 0.05) is 12.8 Å². The molecule has 4 atom stereocenters. The Morgan fingerprint density at radius 1 is 0.614 bits per heavy atom. The summed E-state index contributed by atoms with van der Waals surface area (Å²) < 4.78 is 32.6. The number of allylic oxidation sites excluding steroid dienone is 7. The van der Waals surface area contributed by atoms with E-state index >= 15 is 0 Å². The van der Waals surface area contributed by atoms with E-state index in [4.69, 9.17) is 19.1 Å². The molecule has 4 N–H and O–H groups in total. The summed E-state index contributed by atoms with van der Waals surface area (Å²) in [6, 6.07) is 0. The minimum atomic E-state index is -4.64. The van der Waals surface area contributed by atoms with E-state index in [1.807, 2.05) is 24.3 Å². The average molecular weight is 829 g/mol. The Labute approximate surface area is 346 Å². The maximum absolute atomic E-state index is 12.6. The summed E-state index contributed by atoms with van der Waals surface area (Å²) >= 11 is 0. The highest BCUT2D eigenvalue weighted by atomic mass is 31.2. The van der Waals surface area contributed by atoms with Crippen LogP contribution in [-0.4, -0.2) is 76.9 Å². The summed E-state index contributed by atoms with van der Waals surface area (Å²) in [4.78, 5) is 35.0. The third kappa shape index (κ3) is 40.5. The minimum Gasteiger partial charge on any atom is -0.462 e. The van der Waals surface area contributed by atoms with Crippen molar-refractivity contribution in [2.75, 3.05) is 26.4 Å². The molecule has 0 radical (unpaired) electrons. The van der Waals surface area contributed by atoms with E-state index < -0.39 is 51.8 Å². The molecule has 0 aromatic rings. The molecule has 11 nitrogen and oxygen atoms in total. The number of esters is 2. The van der Waals surface area contributed by atoms with E-state index in [9.17, 15) is 29.3 Å². The summed E-state index contributed by atoms with van der Waals surface area (Å²) in [7, 11) is -4.64. The van der Waals surface area contributed by atoms with Crippen molar-refractivity contribution in [1.82, 2.24) is 0 Å². The first-order valence-electron chi connectivity index (χ1n) is 22.0. The highest BCUT2D eigenvalue weighted by molar-refractivity contribution is 7.47. The number of phosphoric acid groups is 1. The molecular formula is C45H81O11P. The number of carbonyl (C=O) groups excluding carboxylic acids is 2. The Hall–Kier alpha value is -2.11. The van der Waals surface area contributed by atoms with Crippen LogP contribution >= 0.6 is 7.82 Å². The number of carbonyl (C=O) groups is 2. The number of aliphatic hydroxyl groups excluding tert-OH is 3. The molecule has 0 aromatic carbocycles. The molecule has 0 saturated heterocycles. The van der Waals surface area contributed by atoms with Crippen molar-refractivity contribution < 1.29 is 52.9 Å². The van der Waals surface area contributed by atoms with Gasteiger partial charge in [-0.1, -0.05) is 166 Å².